The highest BCUT2D eigenvalue weighted by Crippen LogP contribution is 2.27. The Balaban J connectivity index is 1.52. The van der Waals surface area contributed by atoms with Crippen LogP contribution in [0.25, 0.3) is 5.57 Å². The molecule has 0 radical (unpaired) electrons. The summed E-state index contributed by atoms with van der Waals surface area (Å²) in [5.41, 5.74) is 4.46. The van der Waals surface area contributed by atoms with Gasteiger partial charge in [0.15, 0.2) is 0 Å². The van der Waals surface area contributed by atoms with Crippen molar-refractivity contribution in [2.45, 2.75) is 6.54 Å². The van der Waals surface area contributed by atoms with Crippen LogP contribution in [0.1, 0.15) is 11.3 Å². The van der Waals surface area contributed by atoms with Crippen molar-refractivity contribution in [1.29, 1.82) is 0 Å². The summed E-state index contributed by atoms with van der Waals surface area (Å²) in [7, 11) is 0. The third kappa shape index (κ3) is 3.55. The average Bonchev–Trinajstić information content (AvgIpc) is 3.08. The number of carbonyl (C=O) groups is 1. The minimum Gasteiger partial charge on any atom is -0.456 e. The molecule has 1 N–H and O–H groups in total. The Kier molecular flexibility index (Phi) is 4.84. The largest absolute Gasteiger partial charge is 0.456 e. The lowest BCUT2D eigenvalue weighted by molar-refractivity contribution is -0.136. The Morgan fingerprint density at radius 1 is 1.08 bits per heavy atom. The molecule has 2 aliphatic heterocycles. The number of hydrogen-bond donors (Lipinski definition) is 1. The lowest BCUT2D eigenvalue weighted by atomic mass is 10.0. The molecule has 1 fully saturated rings. The molecule has 6 heteroatoms. The molecule has 26 heavy (non-hydrogen) atoms. The van der Waals surface area contributed by atoms with E-state index in [1.165, 1.54) is 5.69 Å². The second-order valence-corrected chi connectivity index (χ2v) is 6.25. The Hall–Kier alpha value is -2.86. The number of nitrogens with one attached hydrogen (secondary N) is 1. The first-order valence-electron chi connectivity index (χ1n) is 8.78. The number of morpholine rings is 1. The number of aromatic nitrogens is 1. The van der Waals surface area contributed by atoms with Gasteiger partial charge in [-0.3, -0.25) is 4.98 Å². The summed E-state index contributed by atoms with van der Waals surface area (Å²) >= 11 is 0. The van der Waals surface area contributed by atoms with Crippen LogP contribution in [0.2, 0.25) is 0 Å². The third-order valence-electron chi connectivity index (χ3n) is 4.62. The summed E-state index contributed by atoms with van der Waals surface area (Å²) in [6.07, 6.45) is 1.74. The topological polar surface area (TPSA) is 63.7 Å². The Bertz CT molecular complexity index is 797. The second kappa shape index (κ2) is 7.58. The highest BCUT2D eigenvalue weighted by Gasteiger charge is 2.26. The van der Waals surface area contributed by atoms with Crippen LogP contribution < -0.4 is 10.2 Å². The highest BCUT2D eigenvalue weighted by molar-refractivity contribution is 6.01. The van der Waals surface area contributed by atoms with Crippen molar-refractivity contribution in [2.75, 3.05) is 37.8 Å². The van der Waals surface area contributed by atoms with Gasteiger partial charge in [0.2, 0.25) is 0 Å². The molecule has 0 atom stereocenters. The van der Waals surface area contributed by atoms with Crippen LogP contribution >= 0.6 is 0 Å². The minimum atomic E-state index is -0.312. The van der Waals surface area contributed by atoms with Gasteiger partial charge in [-0.25, -0.2) is 4.79 Å². The second-order valence-electron chi connectivity index (χ2n) is 6.25. The van der Waals surface area contributed by atoms with Gasteiger partial charge in [-0.1, -0.05) is 18.2 Å². The molecule has 1 saturated heterocycles. The van der Waals surface area contributed by atoms with E-state index < -0.39 is 0 Å². The maximum Gasteiger partial charge on any atom is 0.355 e. The zero-order valence-corrected chi connectivity index (χ0v) is 14.5. The van der Waals surface area contributed by atoms with Crippen molar-refractivity contribution in [1.82, 2.24) is 10.3 Å². The summed E-state index contributed by atoms with van der Waals surface area (Å²) in [4.78, 5) is 18.7. The van der Waals surface area contributed by atoms with Crippen molar-refractivity contribution in [3.05, 3.63) is 65.6 Å². The molecular formula is C20H21N3O3. The monoisotopic (exact) mass is 351 g/mol. The summed E-state index contributed by atoms with van der Waals surface area (Å²) in [5.74, 6) is -0.312. The molecule has 1 aromatic carbocycles. The molecule has 1 aromatic heterocycles. The van der Waals surface area contributed by atoms with Gasteiger partial charge in [0, 0.05) is 30.5 Å². The fraction of sp³-hybridized carbons (Fsp3) is 0.300. The van der Waals surface area contributed by atoms with E-state index in [0.717, 1.165) is 43.1 Å². The molecule has 0 aliphatic carbocycles. The normalized spacial score (nSPS) is 17.4. The van der Waals surface area contributed by atoms with Crippen LogP contribution in [0.3, 0.4) is 0 Å². The number of rotatable bonds is 5. The molecular weight excluding hydrogens is 330 g/mol. The van der Waals surface area contributed by atoms with Gasteiger partial charge in [0.1, 0.15) is 12.3 Å². The molecule has 2 aliphatic rings. The molecule has 6 nitrogen and oxygen atoms in total. The quantitative estimate of drug-likeness (QED) is 0.831. The Morgan fingerprint density at radius 3 is 2.62 bits per heavy atom. The number of carbonyl (C=O) groups excluding carboxylic acids is 1. The number of esters is 1. The van der Waals surface area contributed by atoms with Gasteiger partial charge >= 0.3 is 5.97 Å². The first kappa shape index (κ1) is 16.6. The van der Waals surface area contributed by atoms with Crippen LogP contribution in [-0.4, -0.2) is 43.9 Å². The van der Waals surface area contributed by atoms with Gasteiger partial charge in [0.25, 0.3) is 0 Å². The zero-order chi connectivity index (χ0) is 17.8. The van der Waals surface area contributed by atoms with Crippen molar-refractivity contribution >= 4 is 17.2 Å². The number of hydrogen-bond acceptors (Lipinski definition) is 6. The van der Waals surface area contributed by atoms with Crippen LogP contribution in [0.15, 0.2) is 54.4 Å². The first-order chi connectivity index (χ1) is 12.8. The third-order valence-corrected chi connectivity index (χ3v) is 4.62. The predicted octanol–water partition coefficient (Wildman–Crippen LogP) is 1.98. The van der Waals surface area contributed by atoms with Crippen molar-refractivity contribution in [3.63, 3.8) is 0 Å². The molecule has 0 unspecified atom stereocenters. The summed E-state index contributed by atoms with van der Waals surface area (Å²) in [6.45, 7) is 4.11. The molecule has 0 amide bonds. The first-order valence-corrected chi connectivity index (χ1v) is 8.78. The number of benzene rings is 1. The highest BCUT2D eigenvalue weighted by atomic mass is 16.5. The number of cyclic esters (lactones) is 1. The summed E-state index contributed by atoms with van der Waals surface area (Å²) < 4.78 is 10.6. The Labute approximate surface area is 152 Å². The number of nitrogens with zero attached hydrogens (tertiary/aromatic N) is 2. The van der Waals surface area contributed by atoms with E-state index in [1.807, 2.05) is 30.3 Å². The number of pyridine rings is 1. The van der Waals surface area contributed by atoms with E-state index in [9.17, 15) is 4.79 Å². The molecule has 2 aromatic rings. The molecule has 0 saturated carbocycles. The van der Waals surface area contributed by atoms with E-state index in [-0.39, 0.29) is 5.97 Å². The molecule has 0 spiro atoms. The van der Waals surface area contributed by atoms with E-state index in [0.29, 0.717) is 18.8 Å². The van der Waals surface area contributed by atoms with Gasteiger partial charge < -0.3 is 19.7 Å². The maximum absolute atomic E-state index is 12.1. The molecule has 134 valence electrons. The van der Waals surface area contributed by atoms with Crippen LogP contribution in [0, 0.1) is 0 Å². The van der Waals surface area contributed by atoms with Crippen molar-refractivity contribution < 1.29 is 14.3 Å². The van der Waals surface area contributed by atoms with Gasteiger partial charge in [0.05, 0.1) is 25.5 Å². The summed E-state index contributed by atoms with van der Waals surface area (Å²) in [6, 6.07) is 14.0. The van der Waals surface area contributed by atoms with Crippen LogP contribution in [0.4, 0.5) is 5.69 Å². The standard InChI is InChI=1S/C20H21N3O3/c24-20-19(22-13-16-3-1-2-8-21-16)18(14-26-20)15-4-6-17(7-5-15)23-9-11-25-12-10-23/h1-8,22H,9-14H2. The van der Waals surface area contributed by atoms with E-state index in [2.05, 4.69) is 27.3 Å². The van der Waals surface area contributed by atoms with Gasteiger partial charge in [-0.05, 0) is 29.8 Å². The molecule has 3 heterocycles. The summed E-state index contributed by atoms with van der Waals surface area (Å²) in [5, 5.41) is 3.19. The fourth-order valence-corrected chi connectivity index (χ4v) is 3.19. The van der Waals surface area contributed by atoms with E-state index in [1.54, 1.807) is 6.20 Å². The lowest BCUT2D eigenvalue weighted by Crippen LogP contribution is -2.36. The van der Waals surface area contributed by atoms with E-state index in [4.69, 9.17) is 9.47 Å². The lowest BCUT2D eigenvalue weighted by Gasteiger charge is -2.29. The maximum atomic E-state index is 12.1. The van der Waals surface area contributed by atoms with E-state index >= 15 is 0 Å². The Morgan fingerprint density at radius 2 is 1.88 bits per heavy atom. The predicted molar refractivity (Wildman–Crippen MR) is 98.4 cm³/mol. The number of anilines is 1. The SMILES string of the molecule is O=C1OCC(c2ccc(N3CCOCC3)cc2)=C1NCc1ccccn1. The average molecular weight is 351 g/mol. The van der Waals surface area contributed by atoms with Gasteiger partial charge in [-0.15, -0.1) is 0 Å². The zero-order valence-electron chi connectivity index (χ0n) is 14.5. The molecule has 4 rings (SSSR count). The van der Waals surface area contributed by atoms with Crippen LogP contribution in [-0.2, 0) is 20.8 Å². The van der Waals surface area contributed by atoms with Crippen molar-refractivity contribution in [3.8, 4) is 0 Å². The molecule has 0 bridgehead atoms. The minimum absolute atomic E-state index is 0.292. The fourth-order valence-electron chi connectivity index (χ4n) is 3.19. The van der Waals surface area contributed by atoms with Crippen LogP contribution in [0.5, 0.6) is 0 Å². The number of ether oxygens (including phenoxy) is 2. The van der Waals surface area contributed by atoms with Crippen molar-refractivity contribution in [2.24, 2.45) is 0 Å². The van der Waals surface area contributed by atoms with Gasteiger partial charge in [-0.2, -0.15) is 0 Å². The smallest absolute Gasteiger partial charge is 0.355 e.